The maximum Gasteiger partial charge on any atom is 0.287 e. The number of hydrogen-bond acceptors (Lipinski definition) is 4. The largest absolute Gasteiger partial charge is 0.454 e. The van der Waals surface area contributed by atoms with Crippen molar-refractivity contribution in [2.45, 2.75) is 25.4 Å². The smallest absolute Gasteiger partial charge is 0.287 e. The summed E-state index contributed by atoms with van der Waals surface area (Å²) < 4.78 is 7.25. The number of nitrogens with one attached hydrogen (secondary N) is 1. The Kier molecular flexibility index (Phi) is 4.27. The third-order valence-electron chi connectivity index (χ3n) is 3.88. The molecule has 0 fully saturated rings. The van der Waals surface area contributed by atoms with Crippen LogP contribution in [0.2, 0.25) is 0 Å². The van der Waals surface area contributed by atoms with Gasteiger partial charge in [-0.05, 0) is 31.0 Å². The lowest BCUT2D eigenvalue weighted by atomic mass is 9.88. The Labute approximate surface area is 133 Å². The third-order valence-corrected chi connectivity index (χ3v) is 3.88. The van der Waals surface area contributed by atoms with Crippen LogP contribution in [0.1, 0.15) is 29.2 Å². The molecule has 0 saturated carbocycles. The second kappa shape index (κ2) is 6.51. The quantitative estimate of drug-likeness (QED) is 0.806. The molecule has 3 N–H and O–H groups in total. The number of aromatic nitrogens is 2. The summed E-state index contributed by atoms with van der Waals surface area (Å²) in [4.78, 5) is 23.8. The highest BCUT2D eigenvalue weighted by molar-refractivity contribution is 5.92. The van der Waals surface area contributed by atoms with Crippen LogP contribution in [0.4, 0.5) is 0 Å². The van der Waals surface area contributed by atoms with Crippen molar-refractivity contribution in [3.05, 3.63) is 54.3 Å². The number of hydrogen-bond donors (Lipinski definition) is 2. The molecule has 0 aromatic carbocycles. The minimum atomic E-state index is -0.404. The van der Waals surface area contributed by atoms with Gasteiger partial charge in [0.15, 0.2) is 5.76 Å². The number of carbonyl (C=O) groups excluding carboxylic acids is 2. The summed E-state index contributed by atoms with van der Waals surface area (Å²) >= 11 is 0. The van der Waals surface area contributed by atoms with Gasteiger partial charge in [0.1, 0.15) is 5.76 Å². The second-order valence-corrected chi connectivity index (χ2v) is 5.50. The summed E-state index contributed by atoms with van der Waals surface area (Å²) in [5.41, 5.74) is 5.39. The van der Waals surface area contributed by atoms with E-state index in [4.69, 9.17) is 10.2 Å². The van der Waals surface area contributed by atoms with Gasteiger partial charge in [-0.2, -0.15) is 5.10 Å². The lowest BCUT2D eigenvalue weighted by Gasteiger charge is -2.26. The van der Waals surface area contributed by atoms with E-state index >= 15 is 0 Å². The highest BCUT2D eigenvalue weighted by atomic mass is 16.4. The van der Waals surface area contributed by atoms with E-state index in [1.807, 2.05) is 24.4 Å². The van der Waals surface area contributed by atoms with E-state index in [1.54, 1.807) is 23.0 Å². The summed E-state index contributed by atoms with van der Waals surface area (Å²) in [5.74, 6) is -0.289. The predicted octanol–water partition coefficient (Wildman–Crippen LogP) is 1.07. The molecule has 2 aromatic rings. The highest BCUT2D eigenvalue weighted by Gasteiger charge is 2.29. The summed E-state index contributed by atoms with van der Waals surface area (Å²) in [6.07, 6.45) is 8.47. The molecule has 0 bridgehead atoms. The van der Waals surface area contributed by atoms with E-state index < -0.39 is 5.91 Å². The molecule has 120 valence electrons. The average Bonchev–Trinajstić information content (AvgIpc) is 3.20. The number of nitrogens with two attached hydrogens (primary N) is 1. The van der Waals surface area contributed by atoms with Gasteiger partial charge in [0, 0.05) is 18.4 Å². The summed E-state index contributed by atoms with van der Waals surface area (Å²) in [6.45, 7) is 0.455. The normalized spacial score (nSPS) is 20.3. The maximum atomic E-state index is 12.3. The number of amides is 2. The van der Waals surface area contributed by atoms with Crippen molar-refractivity contribution < 1.29 is 14.0 Å². The fourth-order valence-corrected chi connectivity index (χ4v) is 2.67. The Morgan fingerprint density at radius 3 is 2.91 bits per heavy atom. The first-order chi connectivity index (χ1) is 11.1. The van der Waals surface area contributed by atoms with E-state index in [0.29, 0.717) is 25.1 Å². The van der Waals surface area contributed by atoms with Gasteiger partial charge in [0.25, 0.3) is 5.91 Å². The molecule has 23 heavy (non-hydrogen) atoms. The first-order valence-corrected chi connectivity index (χ1v) is 7.45. The number of carbonyl (C=O) groups is 2. The minimum Gasteiger partial charge on any atom is -0.454 e. The average molecular weight is 314 g/mol. The monoisotopic (exact) mass is 314 g/mol. The van der Waals surface area contributed by atoms with Crippen molar-refractivity contribution in [2.75, 3.05) is 0 Å². The Bertz CT molecular complexity index is 718. The number of primary amides is 1. The van der Waals surface area contributed by atoms with E-state index in [2.05, 4.69) is 10.4 Å². The zero-order valence-corrected chi connectivity index (χ0v) is 12.5. The van der Waals surface area contributed by atoms with E-state index in [-0.39, 0.29) is 23.6 Å². The van der Waals surface area contributed by atoms with Gasteiger partial charge in [-0.1, -0.05) is 12.2 Å². The van der Waals surface area contributed by atoms with Gasteiger partial charge in [-0.25, -0.2) is 0 Å². The maximum absolute atomic E-state index is 12.3. The topological polar surface area (TPSA) is 103 Å². The zero-order chi connectivity index (χ0) is 16.2. The Morgan fingerprint density at radius 1 is 1.35 bits per heavy atom. The fourth-order valence-electron chi connectivity index (χ4n) is 2.67. The zero-order valence-electron chi connectivity index (χ0n) is 12.5. The van der Waals surface area contributed by atoms with Crippen molar-refractivity contribution in [1.82, 2.24) is 15.1 Å². The summed E-state index contributed by atoms with van der Waals surface area (Å²) in [7, 11) is 0. The van der Waals surface area contributed by atoms with Crippen LogP contribution in [0.25, 0.3) is 0 Å². The van der Waals surface area contributed by atoms with Gasteiger partial charge in [0.05, 0.1) is 12.5 Å². The van der Waals surface area contributed by atoms with Crippen LogP contribution < -0.4 is 11.1 Å². The molecule has 2 heterocycles. The lowest BCUT2D eigenvalue weighted by molar-refractivity contribution is -0.122. The number of allylic oxidation sites excluding steroid dienone is 1. The molecule has 0 spiro atoms. The highest BCUT2D eigenvalue weighted by Crippen LogP contribution is 2.19. The van der Waals surface area contributed by atoms with Gasteiger partial charge in [0.2, 0.25) is 5.91 Å². The molecular weight excluding hydrogens is 296 g/mol. The van der Waals surface area contributed by atoms with Crippen LogP contribution in [-0.2, 0) is 11.3 Å². The SMILES string of the molecule is NC(=O)C1CC=CCC1NC(=O)c1ccc(Cn2cccn2)o1. The van der Waals surface area contributed by atoms with Crippen LogP contribution in [0, 0.1) is 5.92 Å². The Balaban J connectivity index is 1.65. The summed E-state index contributed by atoms with van der Waals surface area (Å²) in [6, 6.07) is 4.87. The first kappa shape index (κ1) is 15.1. The standard InChI is InChI=1S/C16H18N4O3/c17-15(21)12-4-1-2-5-13(12)19-16(22)14-7-6-11(23-14)10-20-9-3-8-18-20/h1-3,6-9,12-13H,4-5,10H2,(H2,17,21)(H,19,22). The van der Waals surface area contributed by atoms with Crippen molar-refractivity contribution in [3.8, 4) is 0 Å². The molecule has 0 aliphatic heterocycles. The molecule has 2 aromatic heterocycles. The molecule has 1 aliphatic rings. The van der Waals surface area contributed by atoms with Crippen molar-refractivity contribution in [3.63, 3.8) is 0 Å². The van der Waals surface area contributed by atoms with Crippen LogP contribution in [-0.4, -0.2) is 27.6 Å². The van der Waals surface area contributed by atoms with Gasteiger partial charge < -0.3 is 15.5 Å². The Morgan fingerprint density at radius 2 is 2.17 bits per heavy atom. The number of rotatable bonds is 5. The van der Waals surface area contributed by atoms with Gasteiger partial charge >= 0.3 is 0 Å². The Hall–Kier alpha value is -2.83. The number of furan rings is 1. The molecule has 1 aliphatic carbocycles. The fraction of sp³-hybridized carbons (Fsp3) is 0.312. The molecule has 2 unspecified atom stereocenters. The van der Waals surface area contributed by atoms with Gasteiger partial charge in [-0.3, -0.25) is 14.3 Å². The van der Waals surface area contributed by atoms with E-state index in [1.165, 1.54) is 0 Å². The molecule has 2 atom stereocenters. The van der Waals surface area contributed by atoms with Crippen molar-refractivity contribution in [2.24, 2.45) is 11.7 Å². The van der Waals surface area contributed by atoms with Crippen LogP contribution in [0.5, 0.6) is 0 Å². The van der Waals surface area contributed by atoms with Crippen molar-refractivity contribution >= 4 is 11.8 Å². The van der Waals surface area contributed by atoms with E-state index in [0.717, 1.165) is 0 Å². The molecule has 7 heteroatoms. The van der Waals surface area contributed by atoms with E-state index in [9.17, 15) is 9.59 Å². The lowest BCUT2D eigenvalue weighted by Crippen LogP contribution is -2.46. The van der Waals surface area contributed by atoms with Crippen molar-refractivity contribution in [1.29, 1.82) is 0 Å². The second-order valence-electron chi connectivity index (χ2n) is 5.50. The van der Waals surface area contributed by atoms with Crippen LogP contribution in [0.3, 0.4) is 0 Å². The molecule has 2 amide bonds. The summed E-state index contributed by atoms with van der Waals surface area (Å²) in [5, 5.41) is 6.92. The molecule has 3 rings (SSSR count). The molecule has 0 radical (unpaired) electrons. The predicted molar refractivity (Wildman–Crippen MR) is 82.3 cm³/mol. The van der Waals surface area contributed by atoms with Crippen LogP contribution in [0.15, 0.2) is 47.2 Å². The van der Waals surface area contributed by atoms with Gasteiger partial charge in [-0.15, -0.1) is 0 Å². The molecule has 0 saturated heterocycles. The first-order valence-electron chi connectivity index (χ1n) is 7.45. The minimum absolute atomic E-state index is 0.213. The van der Waals surface area contributed by atoms with Crippen LogP contribution >= 0.6 is 0 Å². The number of nitrogens with zero attached hydrogens (tertiary/aromatic N) is 2. The molecular formula is C16H18N4O3. The molecule has 7 nitrogen and oxygen atoms in total. The third kappa shape index (κ3) is 3.50.